The Labute approximate surface area is 203 Å². The number of benzene rings is 2. The monoisotopic (exact) mass is 534 g/mol. The zero-order valence-corrected chi connectivity index (χ0v) is 21.1. The minimum atomic E-state index is -3.92. The molecule has 1 heterocycles. The second-order valence-electron chi connectivity index (χ2n) is 7.68. The summed E-state index contributed by atoms with van der Waals surface area (Å²) in [6.45, 7) is 0.515. The van der Waals surface area contributed by atoms with Crippen molar-refractivity contribution in [2.75, 3.05) is 37.2 Å². The fourth-order valence-electron chi connectivity index (χ4n) is 3.33. The molecule has 0 unspecified atom stereocenters. The summed E-state index contributed by atoms with van der Waals surface area (Å²) in [7, 11) is -4.48. The molecule has 1 fully saturated rings. The van der Waals surface area contributed by atoms with Crippen LogP contribution in [0.2, 0.25) is 10.0 Å². The molecule has 180 valence electrons. The van der Waals surface area contributed by atoms with E-state index in [2.05, 4.69) is 10.0 Å². The van der Waals surface area contributed by atoms with Gasteiger partial charge in [-0.15, -0.1) is 0 Å². The van der Waals surface area contributed by atoms with Gasteiger partial charge < -0.3 is 5.32 Å². The fraction of sp³-hybridized carbons (Fsp3) is 0.350. The smallest absolute Gasteiger partial charge is 0.281 e. The Morgan fingerprint density at radius 3 is 2.18 bits per heavy atom. The van der Waals surface area contributed by atoms with E-state index in [1.54, 1.807) is 12.1 Å². The molecule has 0 atom stereocenters. The zero-order chi connectivity index (χ0) is 24.4. The highest BCUT2D eigenvalue weighted by Crippen LogP contribution is 2.31. The van der Waals surface area contributed by atoms with Crippen molar-refractivity contribution in [2.45, 2.75) is 17.7 Å². The molecule has 13 heteroatoms. The highest BCUT2D eigenvalue weighted by molar-refractivity contribution is 7.92. The van der Waals surface area contributed by atoms with Gasteiger partial charge in [0.15, 0.2) is 0 Å². The summed E-state index contributed by atoms with van der Waals surface area (Å²) in [5, 5.41) is 3.08. The summed E-state index contributed by atoms with van der Waals surface area (Å²) in [6, 6.07) is 10.3. The topological polar surface area (TPSA) is 116 Å². The molecule has 2 N–H and O–H groups in total. The lowest BCUT2D eigenvalue weighted by atomic mass is 9.97. The average Bonchev–Trinajstić information content (AvgIpc) is 2.77. The molecule has 1 amide bonds. The van der Waals surface area contributed by atoms with Gasteiger partial charge in [-0.3, -0.25) is 9.52 Å². The summed E-state index contributed by atoms with van der Waals surface area (Å²) >= 11 is 12.0. The number of anilines is 2. The lowest BCUT2D eigenvalue weighted by molar-refractivity contribution is -0.120. The van der Waals surface area contributed by atoms with Crippen LogP contribution in [0.4, 0.5) is 11.4 Å². The van der Waals surface area contributed by atoms with E-state index in [1.165, 1.54) is 48.7 Å². The Morgan fingerprint density at radius 1 is 1.00 bits per heavy atom. The number of rotatable bonds is 7. The van der Waals surface area contributed by atoms with Crippen LogP contribution in [0.5, 0.6) is 0 Å². The van der Waals surface area contributed by atoms with E-state index in [9.17, 15) is 21.6 Å². The normalized spacial score (nSPS) is 16.0. The summed E-state index contributed by atoms with van der Waals surface area (Å²) in [5.74, 6) is -0.579. The third kappa shape index (κ3) is 5.97. The maximum Gasteiger partial charge on any atom is 0.281 e. The van der Waals surface area contributed by atoms with Gasteiger partial charge in [0, 0.05) is 38.8 Å². The second-order valence-corrected chi connectivity index (χ2v) is 12.3. The number of nitrogens with one attached hydrogen (secondary N) is 2. The molecule has 0 saturated carbocycles. The van der Waals surface area contributed by atoms with Crippen LogP contribution in [0.3, 0.4) is 0 Å². The third-order valence-electron chi connectivity index (χ3n) is 5.24. The zero-order valence-electron chi connectivity index (χ0n) is 18.0. The van der Waals surface area contributed by atoms with Gasteiger partial charge >= 0.3 is 0 Å². The van der Waals surface area contributed by atoms with Gasteiger partial charge in [-0.1, -0.05) is 29.3 Å². The maximum absolute atomic E-state index is 12.6. The highest BCUT2D eigenvalue weighted by Gasteiger charge is 2.32. The van der Waals surface area contributed by atoms with E-state index in [1.807, 2.05) is 0 Å². The Kier molecular flexibility index (Phi) is 7.92. The molecule has 9 nitrogen and oxygen atoms in total. The van der Waals surface area contributed by atoms with E-state index >= 15 is 0 Å². The number of hydrogen-bond donors (Lipinski definition) is 2. The molecule has 0 bridgehead atoms. The van der Waals surface area contributed by atoms with Crippen LogP contribution in [0.1, 0.15) is 12.8 Å². The number of amides is 1. The Morgan fingerprint density at radius 2 is 1.61 bits per heavy atom. The van der Waals surface area contributed by atoms with Crippen LogP contribution in [-0.2, 0) is 25.0 Å². The van der Waals surface area contributed by atoms with Gasteiger partial charge in [0.25, 0.3) is 20.2 Å². The average molecular weight is 535 g/mol. The third-order valence-corrected chi connectivity index (χ3v) is 9.38. The van der Waals surface area contributed by atoms with Crippen molar-refractivity contribution >= 4 is 60.7 Å². The van der Waals surface area contributed by atoms with Crippen molar-refractivity contribution in [1.29, 1.82) is 0 Å². The van der Waals surface area contributed by atoms with E-state index in [0.717, 1.165) is 4.31 Å². The molecule has 2 aromatic rings. The van der Waals surface area contributed by atoms with Crippen molar-refractivity contribution in [2.24, 2.45) is 5.92 Å². The van der Waals surface area contributed by atoms with Crippen LogP contribution in [0.25, 0.3) is 0 Å². The standard InChI is InChI=1S/C20H24Cl2N4O5S2/c1-25(2)33(30,31)26-12-10-14(11-13-26)20(27)23-15-6-8-16(9-7-15)32(28,29)24-18-5-3-4-17(21)19(18)22/h3-9,14,24H,10-13H2,1-2H3,(H,23,27). The molecular weight excluding hydrogens is 511 g/mol. The van der Waals surface area contributed by atoms with Gasteiger partial charge in [-0.2, -0.15) is 17.0 Å². The molecule has 0 spiro atoms. The molecule has 0 aliphatic carbocycles. The molecule has 2 aromatic carbocycles. The van der Waals surface area contributed by atoms with Crippen molar-refractivity contribution in [3.05, 3.63) is 52.5 Å². The Bertz CT molecular complexity index is 1230. The van der Waals surface area contributed by atoms with Gasteiger partial charge in [0.2, 0.25) is 5.91 Å². The van der Waals surface area contributed by atoms with Crippen molar-refractivity contribution in [3.8, 4) is 0 Å². The van der Waals surface area contributed by atoms with Crippen molar-refractivity contribution < 1.29 is 21.6 Å². The van der Waals surface area contributed by atoms with Crippen molar-refractivity contribution in [1.82, 2.24) is 8.61 Å². The number of hydrogen-bond acceptors (Lipinski definition) is 5. The summed E-state index contributed by atoms with van der Waals surface area (Å²) < 4.78 is 54.6. The summed E-state index contributed by atoms with van der Waals surface area (Å²) in [4.78, 5) is 12.6. The number of nitrogens with zero attached hydrogens (tertiary/aromatic N) is 2. The van der Waals surface area contributed by atoms with Crippen LogP contribution in [-0.4, -0.2) is 58.5 Å². The largest absolute Gasteiger partial charge is 0.326 e. The number of carbonyl (C=O) groups excluding carboxylic acids is 1. The Balaban J connectivity index is 1.61. The summed E-state index contributed by atoms with van der Waals surface area (Å²) in [5.41, 5.74) is 0.590. The molecule has 1 saturated heterocycles. The quantitative estimate of drug-likeness (QED) is 0.565. The van der Waals surface area contributed by atoms with E-state index in [-0.39, 0.29) is 45.5 Å². The lowest BCUT2D eigenvalue weighted by Gasteiger charge is -2.32. The van der Waals surface area contributed by atoms with Gasteiger partial charge in [-0.05, 0) is 49.2 Å². The van der Waals surface area contributed by atoms with Gasteiger partial charge in [-0.25, -0.2) is 8.42 Å². The first-order chi connectivity index (χ1) is 15.4. The minimum Gasteiger partial charge on any atom is -0.326 e. The van der Waals surface area contributed by atoms with Gasteiger partial charge in [0.1, 0.15) is 0 Å². The number of sulfonamides is 1. The predicted molar refractivity (Wildman–Crippen MR) is 129 cm³/mol. The van der Waals surface area contributed by atoms with Crippen molar-refractivity contribution in [3.63, 3.8) is 0 Å². The van der Waals surface area contributed by atoms with Gasteiger partial charge in [0.05, 0.1) is 20.6 Å². The number of halogens is 2. The number of piperidine rings is 1. The lowest BCUT2D eigenvalue weighted by Crippen LogP contribution is -2.46. The first-order valence-corrected chi connectivity index (χ1v) is 13.6. The predicted octanol–water partition coefficient (Wildman–Crippen LogP) is 3.25. The van der Waals surface area contributed by atoms with Crippen LogP contribution in [0.15, 0.2) is 47.4 Å². The first kappa shape index (κ1) is 25.7. The SMILES string of the molecule is CN(C)S(=O)(=O)N1CCC(C(=O)Nc2ccc(S(=O)(=O)Nc3cccc(Cl)c3Cl)cc2)CC1. The van der Waals surface area contributed by atoms with Crippen LogP contribution < -0.4 is 10.0 Å². The van der Waals surface area contributed by atoms with E-state index in [0.29, 0.717) is 18.5 Å². The number of carbonyl (C=O) groups is 1. The minimum absolute atomic E-state index is 0.0151. The first-order valence-electron chi connectivity index (χ1n) is 9.97. The molecule has 0 aromatic heterocycles. The molecule has 1 aliphatic heterocycles. The van der Waals surface area contributed by atoms with E-state index < -0.39 is 20.2 Å². The maximum atomic E-state index is 12.6. The molecule has 33 heavy (non-hydrogen) atoms. The molecule has 0 radical (unpaired) electrons. The molecule has 1 aliphatic rings. The highest BCUT2D eigenvalue weighted by atomic mass is 35.5. The molecular formula is C20H24Cl2N4O5S2. The molecule has 3 rings (SSSR count). The summed E-state index contributed by atoms with van der Waals surface area (Å²) in [6.07, 6.45) is 0.797. The van der Waals surface area contributed by atoms with Crippen LogP contribution >= 0.6 is 23.2 Å². The second kappa shape index (κ2) is 10.2. The Hall–Kier alpha value is -1.89. The fourth-order valence-corrected chi connectivity index (χ4v) is 5.94. The van der Waals surface area contributed by atoms with Crippen LogP contribution in [0, 0.1) is 5.92 Å². The van der Waals surface area contributed by atoms with E-state index in [4.69, 9.17) is 23.2 Å².